The van der Waals surface area contributed by atoms with E-state index in [2.05, 4.69) is 79.1 Å². The second-order valence-corrected chi connectivity index (χ2v) is 21.0. The summed E-state index contributed by atoms with van der Waals surface area (Å²) < 4.78 is 19.6. The first-order valence-corrected chi connectivity index (χ1v) is 27.5. The van der Waals surface area contributed by atoms with Crippen LogP contribution in [0.2, 0.25) is 5.02 Å². The van der Waals surface area contributed by atoms with Crippen LogP contribution in [-0.2, 0) is 33.7 Å². The first kappa shape index (κ1) is 54.6. The SMILES string of the molecule is C=CC(=O)N1CCN(c2nc(OC[C@@H]3C[C@H](N4CCC(C(=O)NCCOCCOc5ccc(-n6c(O)nnc6-c6cc(CC)c(O)cc6O)cc5)CC4)CN3C)nc3c2CCN(c2cccc4cccc(Cl)c24)C3)C[C@@H]1CC#N. The second kappa shape index (κ2) is 24.5. The molecule has 4 aromatic carbocycles. The summed E-state index contributed by atoms with van der Waals surface area (Å²) in [7, 11) is 2.13. The van der Waals surface area contributed by atoms with Gasteiger partial charge in [-0.25, -0.2) is 4.57 Å². The number of piperazine rings is 1. The number of carbonyl (C=O) groups excluding carboxylic acids is 2. The van der Waals surface area contributed by atoms with Crippen molar-refractivity contribution in [1.29, 1.82) is 5.26 Å². The van der Waals surface area contributed by atoms with Gasteiger partial charge in [0, 0.05) is 80.0 Å². The summed E-state index contributed by atoms with van der Waals surface area (Å²) in [4.78, 5) is 47.4. The molecule has 4 aliphatic rings. The summed E-state index contributed by atoms with van der Waals surface area (Å²) in [5, 5.41) is 54.7. The van der Waals surface area contributed by atoms with Gasteiger partial charge >= 0.3 is 12.0 Å². The fraction of sp³-hybridized carbons (Fsp3) is 0.431. The van der Waals surface area contributed by atoms with Crippen LogP contribution in [0, 0.1) is 17.2 Å². The summed E-state index contributed by atoms with van der Waals surface area (Å²) in [6.45, 7) is 12.6. The van der Waals surface area contributed by atoms with E-state index in [1.165, 1.54) is 16.7 Å². The number of phenols is 2. The van der Waals surface area contributed by atoms with Crippen molar-refractivity contribution in [3.05, 3.63) is 107 Å². The van der Waals surface area contributed by atoms with Gasteiger partial charge in [0.25, 0.3) is 0 Å². The van der Waals surface area contributed by atoms with Gasteiger partial charge in [-0.05, 0) is 112 Å². The molecule has 4 N–H and O–H groups in total. The third-order valence-corrected chi connectivity index (χ3v) is 16.2. The van der Waals surface area contributed by atoms with Crippen LogP contribution in [0.15, 0.2) is 85.5 Å². The molecule has 3 saturated heterocycles. The molecule has 0 unspecified atom stereocenters. The standard InChI is InChI=1S/C58H67ClN12O8/c1-4-37-30-46(51(73)32-50(37)72)55-64-65-58(76)71(55)40-12-14-44(15-13-40)78-29-28-77-27-21-61-56(75)39-17-22-67(23-18-39)42-31-43(66(3)33-42)36-79-57-62-48-35-68(49-11-7-9-38-8-6-10-47(59)53(38)49)24-19-45(48)54(63-57)69-25-26-70(52(74)5-2)41(34-69)16-20-60/h5-15,30,32,39,41-43,72-73H,2,4,16-19,21-29,31,33-36H2,1,3H3,(H,61,75)(H,65,76)/t41-,42-,43-/m0/s1. The van der Waals surface area contributed by atoms with Gasteiger partial charge in [-0.15, -0.1) is 5.10 Å². The Morgan fingerprint density at radius 1 is 0.899 bits per heavy atom. The number of hydrogen-bond acceptors (Lipinski definition) is 17. The molecular weight excluding hydrogens is 1030 g/mol. The van der Waals surface area contributed by atoms with Crippen molar-refractivity contribution in [2.24, 2.45) is 5.92 Å². The van der Waals surface area contributed by atoms with Crippen LogP contribution >= 0.6 is 11.6 Å². The van der Waals surface area contributed by atoms with Crippen LogP contribution in [-0.4, -0.2) is 171 Å². The molecule has 20 nitrogen and oxygen atoms in total. The zero-order chi connectivity index (χ0) is 55.2. The summed E-state index contributed by atoms with van der Waals surface area (Å²) >= 11 is 6.81. The highest BCUT2D eigenvalue weighted by Gasteiger charge is 2.38. The average Bonchev–Trinajstić information content (AvgIpc) is 4.06. The predicted molar refractivity (Wildman–Crippen MR) is 299 cm³/mol. The van der Waals surface area contributed by atoms with Crippen molar-refractivity contribution in [2.75, 3.05) is 95.6 Å². The van der Waals surface area contributed by atoms with Crippen molar-refractivity contribution in [2.45, 2.75) is 70.1 Å². The molecule has 3 atom stereocenters. The average molecular weight is 1100 g/mol. The topological polar surface area (TPSA) is 231 Å². The van der Waals surface area contributed by atoms with Crippen LogP contribution in [0.4, 0.5) is 11.5 Å². The number of fused-ring (bicyclic) bond motifs is 2. The van der Waals surface area contributed by atoms with E-state index in [1.807, 2.05) is 19.1 Å². The number of benzene rings is 4. The highest BCUT2D eigenvalue weighted by molar-refractivity contribution is 6.36. The van der Waals surface area contributed by atoms with Gasteiger partial charge in [-0.1, -0.05) is 54.5 Å². The lowest BCUT2D eigenvalue weighted by atomic mass is 9.94. The van der Waals surface area contributed by atoms with Crippen LogP contribution in [0.1, 0.15) is 49.4 Å². The van der Waals surface area contributed by atoms with E-state index in [4.69, 9.17) is 35.8 Å². The van der Waals surface area contributed by atoms with Crippen molar-refractivity contribution < 1.29 is 39.1 Å². The summed E-state index contributed by atoms with van der Waals surface area (Å²) in [5.74, 6) is 1.17. The lowest BCUT2D eigenvalue weighted by Gasteiger charge is -2.42. The van der Waals surface area contributed by atoms with E-state index in [0.717, 1.165) is 79.0 Å². The molecule has 6 aromatic rings. The Bertz CT molecular complexity index is 3210. The van der Waals surface area contributed by atoms with Crippen LogP contribution in [0.3, 0.4) is 0 Å². The molecule has 21 heteroatoms. The molecule has 0 radical (unpaired) electrons. The molecule has 2 amide bonds. The van der Waals surface area contributed by atoms with E-state index < -0.39 is 0 Å². The fourth-order valence-electron chi connectivity index (χ4n) is 11.6. The number of aromatic hydroxyl groups is 3. The van der Waals surface area contributed by atoms with Crippen LogP contribution in [0.5, 0.6) is 29.3 Å². The molecule has 414 valence electrons. The van der Waals surface area contributed by atoms with Crippen molar-refractivity contribution in [3.8, 4) is 52.4 Å². The summed E-state index contributed by atoms with van der Waals surface area (Å²) in [6, 6.07) is 24.4. The zero-order valence-electron chi connectivity index (χ0n) is 44.6. The number of amides is 2. The minimum absolute atomic E-state index is 0.0239. The Labute approximate surface area is 464 Å². The Kier molecular flexibility index (Phi) is 17.0. The molecule has 0 aliphatic carbocycles. The Balaban J connectivity index is 0.685. The number of aryl methyl sites for hydroxylation is 1. The molecule has 0 saturated carbocycles. The number of nitrogens with one attached hydrogen (secondary N) is 1. The number of rotatable bonds is 19. The Hall–Kier alpha value is -7.70. The van der Waals surface area contributed by atoms with Gasteiger partial charge in [0.15, 0.2) is 5.82 Å². The number of anilines is 2. The normalized spacial score (nSPS) is 19.1. The molecule has 10 rings (SSSR count). The molecule has 2 aromatic heterocycles. The second-order valence-electron chi connectivity index (χ2n) is 20.6. The predicted octanol–water partition coefficient (Wildman–Crippen LogP) is 6.26. The maximum Gasteiger partial charge on any atom is 0.319 e. The number of piperidine rings is 1. The number of ether oxygens (including phenoxy) is 3. The molecule has 79 heavy (non-hydrogen) atoms. The number of hydrogen-bond donors (Lipinski definition) is 4. The van der Waals surface area contributed by atoms with E-state index in [9.17, 15) is 30.2 Å². The minimum atomic E-state index is -0.359. The number of likely N-dealkylation sites (N-methyl/N-ethyl adjacent to an activating group) is 1. The highest BCUT2D eigenvalue weighted by Crippen LogP contribution is 2.39. The smallest absolute Gasteiger partial charge is 0.319 e. The number of likely N-dealkylation sites (tertiary alicyclic amines) is 2. The van der Waals surface area contributed by atoms with Gasteiger partial charge in [0.1, 0.15) is 36.3 Å². The molecule has 6 heterocycles. The minimum Gasteiger partial charge on any atom is -0.508 e. The third-order valence-electron chi connectivity index (χ3n) is 15.9. The number of carbonyl (C=O) groups is 2. The summed E-state index contributed by atoms with van der Waals surface area (Å²) in [6.07, 6.45) is 5.19. The van der Waals surface area contributed by atoms with E-state index in [0.29, 0.717) is 105 Å². The molecular formula is C58H67ClN12O8. The number of phenolic OH excluding ortho intramolecular Hbond substituents is 2. The summed E-state index contributed by atoms with van der Waals surface area (Å²) in [5.41, 5.74) is 4.46. The van der Waals surface area contributed by atoms with Gasteiger partial charge in [-0.3, -0.25) is 19.4 Å². The van der Waals surface area contributed by atoms with Gasteiger partial charge in [-0.2, -0.15) is 15.2 Å². The van der Waals surface area contributed by atoms with Crippen molar-refractivity contribution in [1.82, 2.24) is 44.7 Å². The number of nitriles is 1. The van der Waals surface area contributed by atoms with Gasteiger partial charge in [0.05, 0.1) is 60.3 Å². The first-order chi connectivity index (χ1) is 38.4. The zero-order valence-corrected chi connectivity index (χ0v) is 45.4. The van der Waals surface area contributed by atoms with E-state index >= 15 is 0 Å². The molecule has 0 bridgehead atoms. The highest BCUT2D eigenvalue weighted by atomic mass is 35.5. The van der Waals surface area contributed by atoms with Gasteiger partial charge < -0.3 is 49.5 Å². The van der Waals surface area contributed by atoms with E-state index in [-0.39, 0.29) is 66.2 Å². The third kappa shape index (κ3) is 12.0. The maximum absolute atomic E-state index is 13.3. The Morgan fingerprint density at radius 3 is 2.47 bits per heavy atom. The number of aromatic nitrogens is 5. The molecule has 3 fully saturated rings. The monoisotopic (exact) mass is 1090 g/mol. The quantitative estimate of drug-likeness (QED) is 0.0518. The molecule has 4 aliphatic heterocycles. The first-order valence-electron chi connectivity index (χ1n) is 27.1. The lowest BCUT2D eigenvalue weighted by Crippen LogP contribution is -2.55. The van der Waals surface area contributed by atoms with Crippen molar-refractivity contribution in [3.63, 3.8) is 0 Å². The Morgan fingerprint density at radius 2 is 1.70 bits per heavy atom. The number of nitrogens with zero attached hydrogens (tertiary/aromatic N) is 11. The van der Waals surface area contributed by atoms with Gasteiger partial charge in [0.2, 0.25) is 11.8 Å². The van der Waals surface area contributed by atoms with E-state index in [1.54, 1.807) is 35.2 Å². The van der Waals surface area contributed by atoms with Crippen molar-refractivity contribution >= 4 is 45.7 Å². The maximum atomic E-state index is 13.3. The fourth-order valence-corrected chi connectivity index (χ4v) is 11.9. The largest absolute Gasteiger partial charge is 0.508 e. The van der Waals surface area contributed by atoms with Crippen LogP contribution in [0.25, 0.3) is 27.8 Å². The molecule has 0 spiro atoms. The van der Waals surface area contributed by atoms with Crippen LogP contribution < -0.4 is 24.6 Å². The number of halogens is 1. The lowest BCUT2D eigenvalue weighted by molar-refractivity contribution is -0.128.